The van der Waals surface area contributed by atoms with Crippen LogP contribution in [0.4, 0.5) is 0 Å². The van der Waals surface area contributed by atoms with Crippen molar-refractivity contribution in [2.24, 2.45) is 0 Å². The van der Waals surface area contributed by atoms with E-state index in [2.05, 4.69) is 5.16 Å². The highest BCUT2D eigenvalue weighted by Gasteiger charge is 2.45. The molecule has 2 aliphatic heterocycles. The van der Waals surface area contributed by atoms with Crippen LogP contribution in [-0.2, 0) is 19.5 Å². The summed E-state index contributed by atoms with van der Waals surface area (Å²) in [7, 11) is -3.63. The first-order valence-electron chi connectivity index (χ1n) is 6.66. The van der Waals surface area contributed by atoms with Gasteiger partial charge in [-0.2, -0.15) is 4.31 Å². The second-order valence-electron chi connectivity index (χ2n) is 5.20. The fourth-order valence-electron chi connectivity index (χ4n) is 2.86. The summed E-state index contributed by atoms with van der Waals surface area (Å²) in [6, 6.07) is 0. The van der Waals surface area contributed by atoms with Gasteiger partial charge in [0.2, 0.25) is 10.0 Å². The highest BCUT2D eigenvalue weighted by molar-refractivity contribution is 7.89. The second kappa shape index (κ2) is 4.80. The van der Waals surface area contributed by atoms with Gasteiger partial charge in [0.15, 0.2) is 11.5 Å². The lowest BCUT2D eigenvalue weighted by molar-refractivity contribution is -0.179. The van der Waals surface area contributed by atoms with Gasteiger partial charge in [-0.3, -0.25) is 0 Å². The van der Waals surface area contributed by atoms with Gasteiger partial charge in [0.1, 0.15) is 10.6 Å². The minimum atomic E-state index is -3.63. The van der Waals surface area contributed by atoms with Crippen LogP contribution < -0.4 is 0 Å². The van der Waals surface area contributed by atoms with Gasteiger partial charge >= 0.3 is 0 Å². The third kappa shape index (κ3) is 2.16. The molecule has 1 aromatic rings. The molecule has 1 aromatic heterocycles. The van der Waals surface area contributed by atoms with Gasteiger partial charge in [-0.1, -0.05) is 5.16 Å². The first-order chi connectivity index (χ1) is 9.45. The minimum absolute atomic E-state index is 0.160. The maximum Gasteiger partial charge on any atom is 0.248 e. The standard InChI is InChI=1S/C12H18N2O5S/c1-9-11(10(2)19-13-9)20(15,16)14-5-3-4-12(8-14)17-6-7-18-12/h3-8H2,1-2H3. The first kappa shape index (κ1) is 14.0. The van der Waals surface area contributed by atoms with Crippen LogP contribution in [-0.4, -0.2) is 50.0 Å². The fourth-order valence-corrected chi connectivity index (χ4v) is 4.67. The van der Waals surface area contributed by atoms with Crippen molar-refractivity contribution >= 4 is 10.0 Å². The van der Waals surface area contributed by atoms with E-state index in [-0.39, 0.29) is 11.4 Å². The predicted molar refractivity (Wildman–Crippen MR) is 68.6 cm³/mol. The number of hydrogen-bond acceptors (Lipinski definition) is 6. The van der Waals surface area contributed by atoms with E-state index in [0.29, 0.717) is 37.6 Å². The summed E-state index contributed by atoms with van der Waals surface area (Å²) in [5.74, 6) is -0.458. The molecule has 20 heavy (non-hydrogen) atoms. The lowest BCUT2D eigenvalue weighted by atomic mass is 10.1. The van der Waals surface area contributed by atoms with Gasteiger partial charge in [-0.25, -0.2) is 8.42 Å². The summed E-state index contributed by atoms with van der Waals surface area (Å²) in [5, 5.41) is 3.72. The molecule has 0 atom stereocenters. The Kier molecular flexibility index (Phi) is 3.36. The normalized spacial score (nSPS) is 23.5. The number of piperidine rings is 1. The first-order valence-corrected chi connectivity index (χ1v) is 8.10. The highest BCUT2D eigenvalue weighted by Crippen LogP contribution is 2.34. The fraction of sp³-hybridized carbons (Fsp3) is 0.750. The zero-order chi connectivity index (χ0) is 14.4. The van der Waals surface area contributed by atoms with Gasteiger partial charge in [0.05, 0.1) is 19.8 Å². The zero-order valence-corrected chi connectivity index (χ0v) is 12.4. The smallest absolute Gasteiger partial charge is 0.248 e. The summed E-state index contributed by atoms with van der Waals surface area (Å²) < 4.78 is 43.1. The molecule has 0 saturated carbocycles. The van der Waals surface area contributed by atoms with Crippen molar-refractivity contribution in [1.29, 1.82) is 0 Å². The molecular formula is C12H18N2O5S. The molecular weight excluding hydrogens is 284 g/mol. The number of sulfonamides is 1. The van der Waals surface area contributed by atoms with Crippen molar-refractivity contribution in [3.8, 4) is 0 Å². The van der Waals surface area contributed by atoms with Crippen molar-refractivity contribution in [3.05, 3.63) is 11.5 Å². The molecule has 7 nitrogen and oxygen atoms in total. The van der Waals surface area contributed by atoms with Crippen LogP contribution in [0, 0.1) is 13.8 Å². The number of hydrogen-bond donors (Lipinski definition) is 0. The largest absolute Gasteiger partial charge is 0.360 e. The number of aryl methyl sites for hydroxylation is 2. The van der Waals surface area contributed by atoms with Crippen LogP contribution in [0.1, 0.15) is 24.3 Å². The molecule has 0 unspecified atom stereocenters. The van der Waals surface area contributed by atoms with Gasteiger partial charge in [0.25, 0.3) is 0 Å². The third-order valence-electron chi connectivity index (χ3n) is 3.76. The topological polar surface area (TPSA) is 81.9 Å². The van der Waals surface area contributed by atoms with Crippen LogP contribution in [0.25, 0.3) is 0 Å². The highest BCUT2D eigenvalue weighted by atomic mass is 32.2. The van der Waals surface area contributed by atoms with Gasteiger partial charge in [-0.15, -0.1) is 0 Å². The number of aromatic nitrogens is 1. The molecule has 0 aliphatic carbocycles. The monoisotopic (exact) mass is 302 g/mol. The predicted octanol–water partition coefficient (Wildman–Crippen LogP) is 0.819. The Hall–Kier alpha value is -0.960. The van der Waals surface area contributed by atoms with Crippen molar-refractivity contribution in [2.45, 2.75) is 37.4 Å². The van der Waals surface area contributed by atoms with E-state index in [1.54, 1.807) is 13.8 Å². The Balaban J connectivity index is 1.92. The Morgan fingerprint density at radius 2 is 1.95 bits per heavy atom. The van der Waals surface area contributed by atoms with Gasteiger partial charge < -0.3 is 14.0 Å². The van der Waals surface area contributed by atoms with Crippen molar-refractivity contribution in [1.82, 2.24) is 9.46 Å². The Labute approximate surface area is 117 Å². The lowest BCUT2D eigenvalue weighted by Crippen LogP contribution is -2.51. The van der Waals surface area contributed by atoms with Crippen molar-refractivity contribution < 1.29 is 22.4 Å². The third-order valence-corrected chi connectivity index (χ3v) is 5.85. The Morgan fingerprint density at radius 3 is 2.55 bits per heavy atom. The minimum Gasteiger partial charge on any atom is -0.360 e. The van der Waals surface area contributed by atoms with E-state index >= 15 is 0 Å². The molecule has 3 rings (SSSR count). The Bertz CT molecular complexity index is 584. The molecule has 0 aromatic carbocycles. The second-order valence-corrected chi connectivity index (χ2v) is 7.08. The van der Waals surface area contributed by atoms with E-state index in [1.807, 2.05) is 0 Å². The molecule has 3 heterocycles. The van der Waals surface area contributed by atoms with Crippen LogP contribution in [0.2, 0.25) is 0 Å². The van der Waals surface area contributed by atoms with E-state index in [1.165, 1.54) is 4.31 Å². The number of rotatable bonds is 2. The molecule has 8 heteroatoms. The molecule has 2 saturated heterocycles. The average molecular weight is 302 g/mol. The van der Waals surface area contributed by atoms with Crippen molar-refractivity contribution in [2.75, 3.05) is 26.3 Å². The van der Waals surface area contributed by atoms with Crippen LogP contribution >= 0.6 is 0 Å². The molecule has 112 valence electrons. The molecule has 0 radical (unpaired) electrons. The molecule has 2 fully saturated rings. The van der Waals surface area contributed by atoms with Gasteiger partial charge in [0, 0.05) is 13.0 Å². The van der Waals surface area contributed by atoms with E-state index in [9.17, 15) is 8.42 Å². The van der Waals surface area contributed by atoms with E-state index in [0.717, 1.165) is 6.42 Å². The zero-order valence-electron chi connectivity index (χ0n) is 11.6. The average Bonchev–Trinajstić information content (AvgIpc) is 2.97. The SMILES string of the molecule is Cc1noc(C)c1S(=O)(=O)N1CCCC2(C1)OCCO2. The summed E-state index contributed by atoms with van der Waals surface area (Å²) >= 11 is 0. The lowest BCUT2D eigenvalue weighted by Gasteiger charge is -2.37. The van der Waals surface area contributed by atoms with Crippen LogP contribution in [0.15, 0.2) is 9.42 Å². The van der Waals surface area contributed by atoms with Crippen molar-refractivity contribution in [3.63, 3.8) is 0 Å². The van der Waals surface area contributed by atoms with E-state index in [4.69, 9.17) is 14.0 Å². The molecule has 0 amide bonds. The quantitative estimate of drug-likeness (QED) is 0.804. The summed E-state index contributed by atoms with van der Waals surface area (Å²) in [6.45, 7) is 4.94. The Morgan fingerprint density at radius 1 is 1.25 bits per heavy atom. The number of nitrogens with zero attached hydrogens (tertiary/aromatic N) is 2. The maximum atomic E-state index is 12.7. The van der Waals surface area contributed by atoms with E-state index < -0.39 is 15.8 Å². The maximum absolute atomic E-state index is 12.7. The molecule has 0 bridgehead atoms. The summed E-state index contributed by atoms with van der Waals surface area (Å²) in [6.07, 6.45) is 1.43. The number of ether oxygens (including phenoxy) is 2. The molecule has 0 N–H and O–H groups in total. The molecule has 2 aliphatic rings. The van der Waals surface area contributed by atoms with Gasteiger partial charge in [-0.05, 0) is 20.3 Å². The summed E-state index contributed by atoms with van der Waals surface area (Å²) in [5.41, 5.74) is 0.385. The molecule has 1 spiro atoms. The van der Waals surface area contributed by atoms with Crippen LogP contribution in [0.3, 0.4) is 0 Å². The summed E-state index contributed by atoms with van der Waals surface area (Å²) in [4.78, 5) is 0.160. The van der Waals surface area contributed by atoms with Crippen LogP contribution in [0.5, 0.6) is 0 Å².